The highest BCUT2D eigenvalue weighted by atomic mass is 32.1. The van der Waals surface area contributed by atoms with E-state index in [0.29, 0.717) is 4.99 Å². The molecule has 0 amide bonds. The fraction of sp³-hybridized carbons (Fsp3) is 0.900. The predicted molar refractivity (Wildman–Crippen MR) is 64.6 cm³/mol. The molecule has 0 saturated heterocycles. The molecule has 0 aromatic carbocycles. The van der Waals surface area contributed by atoms with E-state index in [1.54, 1.807) is 7.11 Å². The van der Waals surface area contributed by atoms with Gasteiger partial charge in [0.2, 0.25) is 0 Å². The van der Waals surface area contributed by atoms with Gasteiger partial charge in [-0.05, 0) is 34.2 Å². The van der Waals surface area contributed by atoms with Gasteiger partial charge in [0.15, 0.2) is 0 Å². The standard InChI is InChI=1S/C10H22N2OS/c1-8(9(11)14)12(4)7-6-10(2,3)13-5/h8H,6-7H2,1-5H3,(H2,11,14). The summed E-state index contributed by atoms with van der Waals surface area (Å²) in [6.45, 7) is 7.10. The number of rotatable bonds is 6. The second-order valence-corrected chi connectivity index (χ2v) is 4.74. The van der Waals surface area contributed by atoms with Crippen LogP contribution in [0.2, 0.25) is 0 Å². The summed E-state index contributed by atoms with van der Waals surface area (Å²) in [5.74, 6) is 0. The van der Waals surface area contributed by atoms with Gasteiger partial charge in [0.05, 0.1) is 16.6 Å². The van der Waals surface area contributed by atoms with Crippen LogP contribution < -0.4 is 5.73 Å². The molecular weight excluding hydrogens is 196 g/mol. The number of hydrogen-bond donors (Lipinski definition) is 1. The minimum absolute atomic E-state index is 0.0792. The average molecular weight is 218 g/mol. The average Bonchev–Trinajstić information content (AvgIpc) is 2.13. The molecule has 0 rings (SSSR count). The van der Waals surface area contributed by atoms with Crippen molar-refractivity contribution in [3.05, 3.63) is 0 Å². The van der Waals surface area contributed by atoms with Gasteiger partial charge >= 0.3 is 0 Å². The van der Waals surface area contributed by atoms with E-state index in [0.717, 1.165) is 13.0 Å². The summed E-state index contributed by atoms with van der Waals surface area (Å²) < 4.78 is 5.34. The van der Waals surface area contributed by atoms with Gasteiger partial charge in [0.25, 0.3) is 0 Å². The first-order valence-corrected chi connectivity index (χ1v) is 5.25. The topological polar surface area (TPSA) is 38.5 Å². The number of hydrogen-bond acceptors (Lipinski definition) is 3. The van der Waals surface area contributed by atoms with Gasteiger partial charge in [-0.2, -0.15) is 0 Å². The van der Waals surface area contributed by atoms with Crippen LogP contribution in [0.5, 0.6) is 0 Å². The Balaban J connectivity index is 3.96. The van der Waals surface area contributed by atoms with Gasteiger partial charge in [-0.3, -0.25) is 4.90 Å². The molecule has 1 atom stereocenters. The van der Waals surface area contributed by atoms with Crippen molar-refractivity contribution in [1.29, 1.82) is 0 Å². The van der Waals surface area contributed by atoms with Crippen molar-refractivity contribution in [2.24, 2.45) is 5.73 Å². The van der Waals surface area contributed by atoms with Gasteiger partial charge < -0.3 is 10.5 Å². The Hall–Kier alpha value is -0.190. The van der Waals surface area contributed by atoms with Crippen molar-refractivity contribution in [3.63, 3.8) is 0 Å². The fourth-order valence-electron chi connectivity index (χ4n) is 0.959. The summed E-state index contributed by atoms with van der Waals surface area (Å²) in [5, 5.41) is 0. The lowest BCUT2D eigenvalue weighted by Crippen LogP contribution is -2.41. The second kappa shape index (κ2) is 5.63. The van der Waals surface area contributed by atoms with Crippen LogP contribution in [0.4, 0.5) is 0 Å². The zero-order valence-corrected chi connectivity index (χ0v) is 10.6. The Morgan fingerprint density at radius 2 is 2.07 bits per heavy atom. The molecule has 0 fully saturated rings. The highest BCUT2D eigenvalue weighted by Gasteiger charge is 2.19. The lowest BCUT2D eigenvalue weighted by molar-refractivity contribution is 0.00842. The van der Waals surface area contributed by atoms with E-state index >= 15 is 0 Å². The third-order valence-electron chi connectivity index (χ3n) is 2.69. The van der Waals surface area contributed by atoms with Gasteiger partial charge in [-0.1, -0.05) is 12.2 Å². The highest BCUT2D eigenvalue weighted by Crippen LogP contribution is 2.13. The third kappa shape index (κ3) is 4.88. The van der Waals surface area contributed by atoms with E-state index < -0.39 is 0 Å². The number of nitrogens with two attached hydrogens (primary N) is 1. The molecular formula is C10H22N2OS. The number of likely N-dealkylation sites (N-methyl/N-ethyl adjacent to an activating group) is 1. The Kier molecular flexibility index (Phi) is 5.56. The van der Waals surface area contributed by atoms with Crippen LogP contribution in [0.15, 0.2) is 0 Å². The molecule has 0 aliphatic heterocycles. The van der Waals surface area contributed by atoms with E-state index in [1.165, 1.54) is 0 Å². The number of nitrogens with zero attached hydrogens (tertiary/aromatic N) is 1. The summed E-state index contributed by atoms with van der Waals surface area (Å²) in [6, 6.07) is 0.151. The quantitative estimate of drug-likeness (QED) is 0.684. The normalized spacial score (nSPS) is 14.4. The summed E-state index contributed by atoms with van der Waals surface area (Å²) >= 11 is 4.94. The molecule has 0 aliphatic rings. The van der Waals surface area contributed by atoms with Crippen LogP contribution in [0.1, 0.15) is 27.2 Å². The predicted octanol–water partition coefficient (Wildman–Crippen LogP) is 1.41. The second-order valence-electron chi connectivity index (χ2n) is 4.27. The lowest BCUT2D eigenvalue weighted by atomic mass is 10.0. The monoisotopic (exact) mass is 218 g/mol. The first-order valence-electron chi connectivity index (χ1n) is 4.85. The largest absolute Gasteiger partial charge is 0.392 e. The molecule has 0 radical (unpaired) electrons. The van der Waals surface area contributed by atoms with Gasteiger partial charge in [-0.15, -0.1) is 0 Å². The molecule has 0 heterocycles. The minimum Gasteiger partial charge on any atom is -0.392 e. The molecule has 4 heteroatoms. The zero-order chi connectivity index (χ0) is 11.4. The van der Waals surface area contributed by atoms with Crippen LogP contribution >= 0.6 is 12.2 Å². The Labute approximate surface area is 92.6 Å². The Morgan fingerprint density at radius 1 is 1.57 bits per heavy atom. The van der Waals surface area contributed by atoms with Crippen molar-refractivity contribution in [2.75, 3.05) is 20.7 Å². The van der Waals surface area contributed by atoms with Crippen molar-refractivity contribution >= 4 is 17.2 Å². The molecule has 2 N–H and O–H groups in total. The number of ether oxygens (including phenoxy) is 1. The molecule has 0 aliphatic carbocycles. The maximum Gasteiger partial charge on any atom is 0.0899 e. The molecule has 3 nitrogen and oxygen atoms in total. The summed E-state index contributed by atoms with van der Waals surface area (Å²) in [7, 11) is 3.76. The molecule has 0 aromatic rings. The van der Waals surface area contributed by atoms with Gasteiger partial charge in [0, 0.05) is 13.7 Å². The van der Waals surface area contributed by atoms with E-state index in [9.17, 15) is 0 Å². The molecule has 14 heavy (non-hydrogen) atoms. The maximum absolute atomic E-state index is 5.57. The van der Waals surface area contributed by atoms with E-state index in [1.807, 2.05) is 14.0 Å². The van der Waals surface area contributed by atoms with Crippen LogP contribution in [-0.4, -0.2) is 42.2 Å². The molecule has 0 bridgehead atoms. The number of methoxy groups -OCH3 is 1. The van der Waals surface area contributed by atoms with E-state index in [-0.39, 0.29) is 11.6 Å². The fourth-order valence-corrected chi connectivity index (χ4v) is 1.14. The molecule has 0 spiro atoms. The van der Waals surface area contributed by atoms with Crippen LogP contribution in [0.25, 0.3) is 0 Å². The first kappa shape index (κ1) is 13.8. The zero-order valence-electron chi connectivity index (χ0n) is 9.83. The van der Waals surface area contributed by atoms with Gasteiger partial charge in [-0.25, -0.2) is 0 Å². The van der Waals surface area contributed by atoms with Gasteiger partial charge in [0.1, 0.15) is 0 Å². The van der Waals surface area contributed by atoms with Crippen molar-refractivity contribution in [1.82, 2.24) is 4.90 Å². The van der Waals surface area contributed by atoms with Crippen LogP contribution in [-0.2, 0) is 4.74 Å². The highest BCUT2D eigenvalue weighted by molar-refractivity contribution is 7.80. The Morgan fingerprint density at radius 3 is 2.43 bits per heavy atom. The first-order chi connectivity index (χ1) is 6.30. The van der Waals surface area contributed by atoms with Crippen molar-refractivity contribution < 1.29 is 4.74 Å². The summed E-state index contributed by atoms with van der Waals surface area (Å²) in [4.78, 5) is 2.69. The maximum atomic E-state index is 5.57. The molecule has 1 unspecified atom stereocenters. The van der Waals surface area contributed by atoms with Crippen LogP contribution in [0, 0.1) is 0 Å². The summed E-state index contributed by atoms with van der Waals surface area (Å²) in [6.07, 6.45) is 0.965. The molecule has 84 valence electrons. The Bertz CT molecular complexity index is 195. The lowest BCUT2D eigenvalue weighted by Gasteiger charge is -2.29. The van der Waals surface area contributed by atoms with E-state index in [4.69, 9.17) is 22.7 Å². The van der Waals surface area contributed by atoms with Crippen LogP contribution in [0.3, 0.4) is 0 Å². The molecule has 0 aromatic heterocycles. The minimum atomic E-state index is -0.0792. The van der Waals surface area contributed by atoms with Crippen molar-refractivity contribution in [3.8, 4) is 0 Å². The van der Waals surface area contributed by atoms with E-state index in [2.05, 4.69) is 18.7 Å². The number of thiocarbonyl (C=S) groups is 1. The SMILES string of the molecule is COC(C)(C)CCN(C)C(C)C(N)=S. The van der Waals surface area contributed by atoms with Crippen molar-refractivity contribution in [2.45, 2.75) is 38.8 Å². The molecule has 0 saturated carbocycles. The summed E-state index contributed by atoms with van der Waals surface area (Å²) in [5.41, 5.74) is 5.49. The smallest absolute Gasteiger partial charge is 0.0899 e. The third-order valence-corrected chi connectivity index (χ3v) is 3.03.